The summed E-state index contributed by atoms with van der Waals surface area (Å²) in [6.45, 7) is 1.90. The van der Waals surface area contributed by atoms with Gasteiger partial charge in [0.1, 0.15) is 0 Å². The van der Waals surface area contributed by atoms with E-state index in [2.05, 4.69) is 37.2 Å². The van der Waals surface area contributed by atoms with Gasteiger partial charge in [-0.3, -0.25) is 4.79 Å². The summed E-state index contributed by atoms with van der Waals surface area (Å²) in [5, 5.41) is 3.18. The maximum atomic E-state index is 12.3. The van der Waals surface area contributed by atoms with Gasteiger partial charge in [0.15, 0.2) is 0 Å². The first kappa shape index (κ1) is 15.4. The second-order valence-electron chi connectivity index (χ2n) is 4.27. The Hall–Kier alpha value is -1.04. The van der Waals surface area contributed by atoms with Gasteiger partial charge in [-0.2, -0.15) is 0 Å². The van der Waals surface area contributed by atoms with Crippen LogP contribution < -0.4 is 11.1 Å². The van der Waals surface area contributed by atoms with Crippen LogP contribution in [0.1, 0.15) is 15.9 Å². The zero-order valence-electron chi connectivity index (χ0n) is 10.5. The van der Waals surface area contributed by atoms with E-state index in [-0.39, 0.29) is 5.91 Å². The Balaban J connectivity index is 2.32. The van der Waals surface area contributed by atoms with Crippen molar-refractivity contribution < 1.29 is 4.79 Å². The molecule has 0 saturated carbocycles. The molecule has 6 heteroatoms. The van der Waals surface area contributed by atoms with Crippen LogP contribution in [-0.4, -0.2) is 5.91 Å². The highest BCUT2D eigenvalue weighted by Gasteiger charge is 2.13. The lowest BCUT2D eigenvalue weighted by Crippen LogP contribution is -2.13. The van der Waals surface area contributed by atoms with E-state index in [9.17, 15) is 4.79 Å². The lowest BCUT2D eigenvalue weighted by molar-refractivity contribution is 0.102. The number of halogens is 3. The maximum Gasteiger partial charge on any atom is 0.257 e. The van der Waals surface area contributed by atoms with Gasteiger partial charge in [0.05, 0.1) is 16.3 Å². The molecule has 0 radical (unpaired) electrons. The first-order valence-electron chi connectivity index (χ1n) is 5.70. The zero-order valence-corrected chi connectivity index (χ0v) is 14.4. The quantitative estimate of drug-likeness (QED) is 0.674. The molecule has 3 N–H and O–H groups in total. The lowest BCUT2D eigenvalue weighted by Gasteiger charge is -2.11. The predicted molar refractivity (Wildman–Crippen MR) is 90.4 cm³/mol. The molecule has 104 valence electrons. The van der Waals surface area contributed by atoms with Crippen LogP contribution in [0.3, 0.4) is 0 Å². The van der Waals surface area contributed by atoms with E-state index in [0.29, 0.717) is 22.0 Å². The lowest BCUT2D eigenvalue weighted by atomic mass is 10.1. The van der Waals surface area contributed by atoms with Gasteiger partial charge in [0, 0.05) is 14.6 Å². The number of aryl methyl sites for hydroxylation is 1. The molecule has 0 heterocycles. The number of amides is 1. The zero-order chi connectivity index (χ0) is 14.9. The fraction of sp³-hybridized carbons (Fsp3) is 0.0714. The van der Waals surface area contributed by atoms with E-state index in [0.717, 1.165) is 14.5 Å². The third kappa shape index (κ3) is 3.34. The fourth-order valence-electron chi connectivity index (χ4n) is 1.65. The molecular formula is C14H11Br2ClN2O. The Morgan fingerprint density at radius 2 is 1.95 bits per heavy atom. The molecule has 0 spiro atoms. The van der Waals surface area contributed by atoms with Crippen molar-refractivity contribution in [3.05, 3.63) is 55.4 Å². The molecule has 0 bridgehead atoms. The summed E-state index contributed by atoms with van der Waals surface area (Å²) in [5.41, 5.74) is 8.41. The van der Waals surface area contributed by atoms with Gasteiger partial charge < -0.3 is 11.1 Å². The molecule has 2 aromatic rings. The Morgan fingerprint density at radius 3 is 2.65 bits per heavy atom. The molecule has 1 amide bonds. The standard InChI is InChI=1S/C14H11Br2ClN2O/c1-7-4-10(16)13(6-12(7)18)19-14(20)9-5-8(15)2-3-11(9)17/h2-6H,18H2,1H3,(H,19,20). The molecule has 0 aliphatic rings. The Morgan fingerprint density at radius 1 is 1.25 bits per heavy atom. The predicted octanol–water partition coefficient (Wildman–Crippen LogP) is 5.01. The average molecular weight is 419 g/mol. The third-order valence-electron chi connectivity index (χ3n) is 2.78. The van der Waals surface area contributed by atoms with Gasteiger partial charge in [0.25, 0.3) is 5.91 Å². The molecule has 2 rings (SSSR count). The minimum atomic E-state index is -0.291. The average Bonchev–Trinajstić information content (AvgIpc) is 2.38. The van der Waals surface area contributed by atoms with Crippen LogP contribution in [0.2, 0.25) is 5.02 Å². The van der Waals surface area contributed by atoms with E-state index in [1.54, 1.807) is 24.3 Å². The first-order valence-corrected chi connectivity index (χ1v) is 7.67. The minimum Gasteiger partial charge on any atom is -0.398 e. The molecule has 0 fully saturated rings. The minimum absolute atomic E-state index is 0.291. The van der Waals surface area contributed by atoms with Crippen molar-refractivity contribution in [2.45, 2.75) is 6.92 Å². The van der Waals surface area contributed by atoms with Gasteiger partial charge in [-0.25, -0.2) is 0 Å². The molecule has 0 atom stereocenters. The highest BCUT2D eigenvalue weighted by atomic mass is 79.9. The molecule has 0 aliphatic carbocycles. The summed E-state index contributed by atoms with van der Waals surface area (Å²) in [6, 6.07) is 8.68. The number of benzene rings is 2. The van der Waals surface area contributed by atoms with Gasteiger partial charge in [0.2, 0.25) is 0 Å². The van der Waals surface area contributed by atoms with Crippen LogP contribution in [0, 0.1) is 6.92 Å². The smallest absolute Gasteiger partial charge is 0.257 e. The first-order chi connectivity index (χ1) is 9.38. The SMILES string of the molecule is Cc1cc(Br)c(NC(=O)c2cc(Br)ccc2Cl)cc1N. The van der Waals surface area contributed by atoms with Crippen molar-refractivity contribution in [3.8, 4) is 0 Å². The third-order valence-corrected chi connectivity index (χ3v) is 4.26. The molecule has 0 aromatic heterocycles. The van der Waals surface area contributed by atoms with E-state index in [4.69, 9.17) is 17.3 Å². The number of anilines is 2. The van der Waals surface area contributed by atoms with Crippen LogP contribution in [0.15, 0.2) is 39.3 Å². The second-order valence-corrected chi connectivity index (χ2v) is 6.44. The van der Waals surface area contributed by atoms with Gasteiger partial charge in [-0.1, -0.05) is 27.5 Å². The number of carbonyl (C=O) groups is 1. The van der Waals surface area contributed by atoms with Crippen molar-refractivity contribution in [1.29, 1.82) is 0 Å². The highest BCUT2D eigenvalue weighted by Crippen LogP contribution is 2.29. The van der Waals surface area contributed by atoms with E-state index < -0.39 is 0 Å². The number of hydrogen-bond donors (Lipinski definition) is 2. The number of nitrogens with one attached hydrogen (secondary N) is 1. The Labute approximate surface area is 138 Å². The van der Waals surface area contributed by atoms with Crippen molar-refractivity contribution in [2.75, 3.05) is 11.1 Å². The van der Waals surface area contributed by atoms with Crippen LogP contribution in [0.25, 0.3) is 0 Å². The topological polar surface area (TPSA) is 55.1 Å². The molecule has 0 saturated heterocycles. The monoisotopic (exact) mass is 416 g/mol. The number of nitrogen functional groups attached to an aromatic ring is 1. The number of carbonyl (C=O) groups excluding carboxylic acids is 1. The summed E-state index contributed by atoms with van der Waals surface area (Å²) in [5.74, 6) is -0.291. The number of rotatable bonds is 2. The highest BCUT2D eigenvalue weighted by molar-refractivity contribution is 9.10. The molecule has 0 unspecified atom stereocenters. The van der Waals surface area contributed by atoms with Gasteiger partial charge in [-0.05, 0) is 58.7 Å². The molecule has 20 heavy (non-hydrogen) atoms. The Bertz CT molecular complexity index is 689. The van der Waals surface area contributed by atoms with Crippen LogP contribution in [0.5, 0.6) is 0 Å². The van der Waals surface area contributed by atoms with Crippen molar-refractivity contribution in [2.24, 2.45) is 0 Å². The van der Waals surface area contributed by atoms with Crippen LogP contribution >= 0.6 is 43.5 Å². The van der Waals surface area contributed by atoms with Crippen LogP contribution in [0.4, 0.5) is 11.4 Å². The molecular weight excluding hydrogens is 407 g/mol. The summed E-state index contributed by atoms with van der Waals surface area (Å²) in [6.07, 6.45) is 0. The normalized spacial score (nSPS) is 10.4. The maximum absolute atomic E-state index is 12.3. The summed E-state index contributed by atoms with van der Waals surface area (Å²) < 4.78 is 1.55. The number of hydrogen-bond acceptors (Lipinski definition) is 2. The van der Waals surface area contributed by atoms with E-state index >= 15 is 0 Å². The Kier molecular flexibility index (Phi) is 4.73. The fourth-order valence-corrected chi connectivity index (χ4v) is 2.77. The van der Waals surface area contributed by atoms with Gasteiger partial charge in [-0.15, -0.1) is 0 Å². The molecule has 2 aromatic carbocycles. The van der Waals surface area contributed by atoms with E-state index in [1.807, 2.05) is 13.0 Å². The molecule has 0 aliphatic heterocycles. The van der Waals surface area contributed by atoms with Crippen molar-refractivity contribution in [1.82, 2.24) is 0 Å². The van der Waals surface area contributed by atoms with Crippen molar-refractivity contribution in [3.63, 3.8) is 0 Å². The van der Waals surface area contributed by atoms with Crippen molar-refractivity contribution >= 4 is 60.7 Å². The van der Waals surface area contributed by atoms with Gasteiger partial charge >= 0.3 is 0 Å². The largest absolute Gasteiger partial charge is 0.398 e. The second kappa shape index (κ2) is 6.16. The molecule has 3 nitrogen and oxygen atoms in total. The number of nitrogens with two attached hydrogens (primary N) is 1. The van der Waals surface area contributed by atoms with Crippen LogP contribution in [-0.2, 0) is 0 Å². The summed E-state index contributed by atoms with van der Waals surface area (Å²) in [7, 11) is 0. The summed E-state index contributed by atoms with van der Waals surface area (Å²) in [4.78, 5) is 12.3. The summed E-state index contributed by atoms with van der Waals surface area (Å²) >= 11 is 12.8. The van der Waals surface area contributed by atoms with E-state index in [1.165, 1.54) is 0 Å².